The molecule has 2 heterocycles. The quantitative estimate of drug-likeness (QED) is 0.736. The highest BCUT2D eigenvalue weighted by Gasteiger charge is 2.18. The Hall–Kier alpha value is -1.78. The lowest BCUT2D eigenvalue weighted by Crippen LogP contribution is -1.98. The molecule has 5 heteroatoms. The Bertz CT molecular complexity index is 731. The van der Waals surface area contributed by atoms with Crippen molar-refractivity contribution < 1.29 is 9.90 Å². The fourth-order valence-electron chi connectivity index (χ4n) is 2.03. The minimum Gasteiger partial charge on any atom is -0.477 e. The second-order valence-electron chi connectivity index (χ2n) is 3.88. The van der Waals surface area contributed by atoms with Crippen LogP contribution in [-0.2, 0) is 0 Å². The van der Waals surface area contributed by atoms with Gasteiger partial charge in [-0.05, 0) is 40.6 Å². The summed E-state index contributed by atoms with van der Waals surface area (Å²) in [4.78, 5) is 14.2. The molecule has 0 radical (unpaired) electrons. The van der Waals surface area contributed by atoms with Gasteiger partial charge in [-0.25, -0.2) is 4.79 Å². The average molecular weight is 278 g/mol. The third-order valence-electron chi connectivity index (χ3n) is 2.78. The Morgan fingerprint density at radius 1 is 1.33 bits per heavy atom. The number of hydrogen-bond acceptors (Lipinski definition) is 2. The fourth-order valence-corrected chi connectivity index (χ4v) is 2.85. The fraction of sp³-hybridized carbons (Fsp3) is 0. The molecule has 0 fully saturated rings. The van der Waals surface area contributed by atoms with Gasteiger partial charge in [0.05, 0.1) is 0 Å². The normalized spacial score (nSPS) is 10.9. The highest BCUT2D eigenvalue weighted by molar-refractivity contribution is 7.08. The van der Waals surface area contributed by atoms with Gasteiger partial charge < -0.3 is 10.1 Å². The number of H-pyrrole nitrogens is 1. The van der Waals surface area contributed by atoms with Gasteiger partial charge in [0.25, 0.3) is 0 Å². The lowest BCUT2D eigenvalue weighted by Gasteiger charge is -1.98. The van der Waals surface area contributed by atoms with Crippen LogP contribution in [-0.4, -0.2) is 16.1 Å². The summed E-state index contributed by atoms with van der Waals surface area (Å²) >= 11 is 7.51. The predicted molar refractivity (Wildman–Crippen MR) is 73.6 cm³/mol. The molecule has 0 aliphatic heterocycles. The maximum absolute atomic E-state index is 11.3. The largest absolute Gasteiger partial charge is 0.477 e. The van der Waals surface area contributed by atoms with Crippen LogP contribution >= 0.6 is 22.9 Å². The number of aromatic carboxylic acids is 1. The number of carboxylic acid groups (broad SMARTS) is 1. The Morgan fingerprint density at radius 3 is 2.83 bits per heavy atom. The number of aromatic nitrogens is 1. The van der Waals surface area contributed by atoms with Gasteiger partial charge in [0.1, 0.15) is 5.69 Å². The standard InChI is InChI=1S/C13H8ClNO2S/c14-8-1-2-10-9(5-8)11(7-3-4-18-6-7)12(15-10)13(16)17/h1-6,15H,(H,16,17). The van der Waals surface area contributed by atoms with E-state index in [2.05, 4.69) is 4.98 Å². The predicted octanol–water partition coefficient (Wildman–Crippen LogP) is 4.25. The molecule has 1 aromatic carbocycles. The van der Waals surface area contributed by atoms with Crippen molar-refractivity contribution in [2.45, 2.75) is 0 Å². The zero-order chi connectivity index (χ0) is 12.7. The Kier molecular flexibility index (Phi) is 2.61. The van der Waals surface area contributed by atoms with Crippen LogP contribution in [0.15, 0.2) is 35.0 Å². The van der Waals surface area contributed by atoms with E-state index in [1.165, 1.54) is 11.3 Å². The molecule has 18 heavy (non-hydrogen) atoms. The molecule has 0 saturated carbocycles. The van der Waals surface area contributed by atoms with Gasteiger partial charge >= 0.3 is 5.97 Å². The zero-order valence-electron chi connectivity index (χ0n) is 9.11. The van der Waals surface area contributed by atoms with E-state index in [1.54, 1.807) is 18.2 Å². The van der Waals surface area contributed by atoms with Crippen LogP contribution in [0.5, 0.6) is 0 Å². The van der Waals surface area contributed by atoms with E-state index in [0.717, 1.165) is 16.5 Å². The number of carboxylic acids is 1. The zero-order valence-corrected chi connectivity index (χ0v) is 10.7. The third kappa shape index (κ3) is 1.70. The number of benzene rings is 1. The van der Waals surface area contributed by atoms with Crippen LogP contribution in [0.1, 0.15) is 10.5 Å². The van der Waals surface area contributed by atoms with Crippen molar-refractivity contribution in [2.24, 2.45) is 0 Å². The van der Waals surface area contributed by atoms with Crippen LogP contribution in [0, 0.1) is 0 Å². The third-order valence-corrected chi connectivity index (χ3v) is 3.70. The summed E-state index contributed by atoms with van der Waals surface area (Å²) in [5, 5.41) is 14.5. The summed E-state index contributed by atoms with van der Waals surface area (Å²) in [7, 11) is 0. The minimum atomic E-state index is -0.969. The number of aromatic amines is 1. The van der Waals surface area contributed by atoms with Gasteiger partial charge in [-0.15, -0.1) is 0 Å². The van der Waals surface area contributed by atoms with Gasteiger partial charge in [0, 0.05) is 21.5 Å². The smallest absolute Gasteiger partial charge is 0.352 e. The number of carbonyl (C=O) groups is 1. The van der Waals surface area contributed by atoms with Gasteiger partial charge in [-0.1, -0.05) is 11.6 Å². The summed E-state index contributed by atoms with van der Waals surface area (Å²) < 4.78 is 0. The second kappa shape index (κ2) is 4.15. The SMILES string of the molecule is O=C(O)c1[nH]c2ccc(Cl)cc2c1-c1ccsc1. The van der Waals surface area contributed by atoms with Crippen molar-refractivity contribution in [2.75, 3.05) is 0 Å². The molecule has 2 aromatic heterocycles. The number of hydrogen-bond donors (Lipinski definition) is 2. The Morgan fingerprint density at radius 2 is 2.17 bits per heavy atom. The first-order valence-corrected chi connectivity index (χ1v) is 6.56. The van der Waals surface area contributed by atoms with Crippen molar-refractivity contribution in [1.82, 2.24) is 4.98 Å². The highest BCUT2D eigenvalue weighted by atomic mass is 35.5. The Labute approximate surface area is 112 Å². The molecule has 2 N–H and O–H groups in total. The molecule has 0 unspecified atom stereocenters. The van der Waals surface area contributed by atoms with Crippen LogP contribution < -0.4 is 0 Å². The molecule has 90 valence electrons. The maximum atomic E-state index is 11.3. The molecule has 0 bridgehead atoms. The van der Waals surface area contributed by atoms with Gasteiger partial charge in [-0.3, -0.25) is 0 Å². The molecule has 0 amide bonds. The van der Waals surface area contributed by atoms with E-state index in [4.69, 9.17) is 11.6 Å². The highest BCUT2D eigenvalue weighted by Crippen LogP contribution is 2.35. The average Bonchev–Trinajstić information content (AvgIpc) is 2.93. The number of halogens is 1. The molecule has 3 nitrogen and oxygen atoms in total. The van der Waals surface area contributed by atoms with Crippen molar-refractivity contribution in [3.8, 4) is 11.1 Å². The lowest BCUT2D eigenvalue weighted by atomic mass is 10.1. The van der Waals surface area contributed by atoms with E-state index in [1.807, 2.05) is 16.8 Å². The van der Waals surface area contributed by atoms with Gasteiger partial charge in [0.2, 0.25) is 0 Å². The summed E-state index contributed by atoms with van der Waals surface area (Å²) in [5.74, 6) is -0.969. The molecular formula is C13H8ClNO2S. The van der Waals surface area contributed by atoms with Crippen LogP contribution in [0.3, 0.4) is 0 Å². The molecule has 0 spiro atoms. The molecule has 3 rings (SSSR count). The number of thiophene rings is 1. The summed E-state index contributed by atoms with van der Waals surface area (Å²) in [6.07, 6.45) is 0. The lowest BCUT2D eigenvalue weighted by molar-refractivity contribution is 0.0692. The second-order valence-corrected chi connectivity index (χ2v) is 5.10. The first kappa shape index (κ1) is 11.3. The van der Waals surface area contributed by atoms with Crippen molar-refractivity contribution in [1.29, 1.82) is 0 Å². The molecule has 0 aliphatic carbocycles. The van der Waals surface area contributed by atoms with E-state index in [0.29, 0.717) is 10.6 Å². The number of nitrogens with one attached hydrogen (secondary N) is 1. The number of fused-ring (bicyclic) bond motifs is 1. The first-order chi connectivity index (χ1) is 8.66. The summed E-state index contributed by atoms with van der Waals surface area (Å²) in [6.45, 7) is 0. The first-order valence-electron chi connectivity index (χ1n) is 5.24. The monoisotopic (exact) mass is 277 g/mol. The van der Waals surface area contributed by atoms with E-state index in [9.17, 15) is 9.90 Å². The maximum Gasteiger partial charge on any atom is 0.352 e. The van der Waals surface area contributed by atoms with Crippen LogP contribution in [0.2, 0.25) is 5.02 Å². The molecule has 0 atom stereocenters. The van der Waals surface area contributed by atoms with Crippen molar-refractivity contribution in [3.05, 3.63) is 45.7 Å². The molecule has 3 aromatic rings. The number of rotatable bonds is 2. The molecule has 0 aliphatic rings. The van der Waals surface area contributed by atoms with E-state index in [-0.39, 0.29) is 5.69 Å². The van der Waals surface area contributed by atoms with Crippen LogP contribution in [0.25, 0.3) is 22.0 Å². The van der Waals surface area contributed by atoms with Crippen LogP contribution in [0.4, 0.5) is 0 Å². The minimum absolute atomic E-state index is 0.200. The molecular weight excluding hydrogens is 270 g/mol. The topological polar surface area (TPSA) is 53.1 Å². The Balaban J connectivity index is 2.41. The van der Waals surface area contributed by atoms with Crippen molar-refractivity contribution >= 4 is 39.8 Å². The van der Waals surface area contributed by atoms with E-state index < -0.39 is 5.97 Å². The van der Waals surface area contributed by atoms with Gasteiger partial charge in [0.15, 0.2) is 0 Å². The van der Waals surface area contributed by atoms with Crippen molar-refractivity contribution in [3.63, 3.8) is 0 Å². The summed E-state index contributed by atoms with van der Waals surface area (Å²) in [5.41, 5.74) is 2.57. The molecule has 0 saturated heterocycles. The van der Waals surface area contributed by atoms with Gasteiger partial charge in [-0.2, -0.15) is 11.3 Å². The van der Waals surface area contributed by atoms with E-state index >= 15 is 0 Å². The summed E-state index contributed by atoms with van der Waals surface area (Å²) in [6, 6.07) is 7.22.